The fraction of sp³-hybridized carbons (Fsp3) is 0.250. The van der Waals surface area contributed by atoms with Gasteiger partial charge in [-0.25, -0.2) is 0 Å². The molecule has 0 aliphatic heterocycles. The van der Waals surface area contributed by atoms with Crippen molar-refractivity contribution in [2.45, 2.75) is 6.36 Å². The first kappa shape index (κ1) is 11.4. The van der Waals surface area contributed by atoms with Crippen molar-refractivity contribution in [1.29, 1.82) is 0 Å². The van der Waals surface area contributed by atoms with Crippen LogP contribution in [-0.2, 0) is 0 Å². The summed E-state index contributed by atoms with van der Waals surface area (Å²) >= 11 is 1.74. The Bertz CT molecular complexity index is 325. The zero-order chi connectivity index (χ0) is 10.8. The van der Waals surface area contributed by atoms with Gasteiger partial charge in [-0.3, -0.25) is 0 Å². The Morgan fingerprint density at radius 2 is 1.93 bits per heavy atom. The van der Waals surface area contributed by atoms with Crippen LogP contribution in [0, 0.1) is 3.57 Å². The van der Waals surface area contributed by atoms with Crippen molar-refractivity contribution in [3.63, 3.8) is 0 Å². The van der Waals surface area contributed by atoms with E-state index in [4.69, 9.17) is 4.74 Å². The number of benzene rings is 1. The largest absolute Gasteiger partial charge is 0.573 e. The third-order valence-electron chi connectivity index (χ3n) is 1.36. The monoisotopic (exact) mass is 318 g/mol. The summed E-state index contributed by atoms with van der Waals surface area (Å²) in [6, 6.07) is 4.08. The van der Waals surface area contributed by atoms with Gasteiger partial charge in [0.05, 0.1) is 10.7 Å². The average Bonchev–Trinajstić information content (AvgIpc) is 2.06. The topological polar surface area (TPSA) is 18.5 Å². The maximum atomic E-state index is 11.8. The first-order chi connectivity index (χ1) is 6.42. The Morgan fingerprint density at radius 3 is 2.36 bits per heavy atom. The predicted molar refractivity (Wildman–Crippen MR) is 52.4 cm³/mol. The average molecular weight is 318 g/mol. The molecule has 0 saturated heterocycles. The number of alkyl halides is 3. The van der Waals surface area contributed by atoms with E-state index in [-0.39, 0.29) is 5.75 Å². The second-order valence-corrected chi connectivity index (χ2v) is 3.51. The fourth-order valence-corrected chi connectivity index (χ4v) is 1.41. The Balaban J connectivity index is 2.89. The number of hydrogen-bond acceptors (Lipinski definition) is 2. The van der Waals surface area contributed by atoms with Crippen LogP contribution in [-0.4, -0.2) is 13.5 Å². The molecule has 0 aliphatic carbocycles. The molecule has 78 valence electrons. The lowest BCUT2D eigenvalue weighted by Gasteiger charge is -2.10. The van der Waals surface area contributed by atoms with Gasteiger partial charge in [0.25, 0.3) is 0 Å². The van der Waals surface area contributed by atoms with Gasteiger partial charge in [-0.2, -0.15) is 0 Å². The highest BCUT2D eigenvalue weighted by Crippen LogP contribution is 2.30. The predicted octanol–water partition coefficient (Wildman–Crippen LogP) is 3.20. The van der Waals surface area contributed by atoms with Crippen LogP contribution in [0.15, 0.2) is 18.2 Å². The summed E-state index contributed by atoms with van der Waals surface area (Å²) < 4.78 is 44.5. The van der Waals surface area contributed by atoms with E-state index in [9.17, 15) is 13.2 Å². The van der Waals surface area contributed by atoms with Crippen molar-refractivity contribution >= 4 is 22.6 Å². The molecule has 0 amide bonds. The molecule has 6 heteroatoms. The minimum atomic E-state index is -4.66. The molecule has 1 aromatic rings. The van der Waals surface area contributed by atoms with Crippen molar-refractivity contribution < 1.29 is 22.6 Å². The van der Waals surface area contributed by atoms with Crippen LogP contribution in [0.5, 0.6) is 11.5 Å². The Hall–Kier alpha value is -0.660. The van der Waals surface area contributed by atoms with E-state index in [1.165, 1.54) is 25.3 Å². The molecule has 0 aliphatic rings. The Kier molecular flexibility index (Phi) is 3.46. The zero-order valence-electron chi connectivity index (χ0n) is 7.06. The SMILES string of the molecule is COc1ccc(OC(F)(F)F)c(I)c1. The number of ether oxygens (including phenoxy) is 2. The molecule has 0 spiro atoms. The minimum Gasteiger partial charge on any atom is -0.497 e. The molecule has 0 aromatic heterocycles. The second kappa shape index (κ2) is 4.24. The van der Waals surface area contributed by atoms with Crippen LogP contribution in [0.1, 0.15) is 0 Å². The molecule has 1 rings (SSSR count). The van der Waals surface area contributed by atoms with Crippen LogP contribution >= 0.6 is 22.6 Å². The van der Waals surface area contributed by atoms with Crippen LogP contribution in [0.25, 0.3) is 0 Å². The van der Waals surface area contributed by atoms with E-state index in [0.717, 1.165) is 0 Å². The first-order valence-corrected chi connectivity index (χ1v) is 4.59. The normalized spacial score (nSPS) is 11.2. The summed E-state index contributed by atoms with van der Waals surface area (Å²) in [6.45, 7) is 0. The van der Waals surface area contributed by atoms with Gasteiger partial charge in [0, 0.05) is 0 Å². The number of methoxy groups -OCH3 is 1. The molecule has 0 unspecified atom stereocenters. The molecule has 2 nitrogen and oxygen atoms in total. The van der Waals surface area contributed by atoms with Gasteiger partial charge in [0.15, 0.2) is 0 Å². The number of hydrogen-bond donors (Lipinski definition) is 0. The van der Waals surface area contributed by atoms with E-state index in [1.807, 2.05) is 0 Å². The van der Waals surface area contributed by atoms with E-state index >= 15 is 0 Å². The second-order valence-electron chi connectivity index (χ2n) is 2.34. The molecule has 14 heavy (non-hydrogen) atoms. The van der Waals surface area contributed by atoms with Gasteiger partial charge in [-0.1, -0.05) is 0 Å². The molecule has 0 heterocycles. The van der Waals surface area contributed by atoms with Crippen molar-refractivity contribution in [1.82, 2.24) is 0 Å². The lowest BCUT2D eigenvalue weighted by molar-refractivity contribution is -0.274. The summed E-state index contributed by atoms with van der Waals surface area (Å²) in [5.74, 6) is 0.267. The summed E-state index contributed by atoms with van der Waals surface area (Å²) in [4.78, 5) is 0. The molecule has 0 radical (unpaired) electrons. The van der Waals surface area contributed by atoms with Crippen molar-refractivity contribution in [3.05, 3.63) is 21.8 Å². The molecule has 0 saturated carbocycles. The molecule has 0 atom stereocenters. The van der Waals surface area contributed by atoms with Crippen molar-refractivity contribution in [2.75, 3.05) is 7.11 Å². The molecule has 1 aromatic carbocycles. The summed E-state index contributed by atoms with van der Waals surface area (Å²) in [5.41, 5.74) is 0. The van der Waals surface area contributed by atoms with Crippen LogP contribution in [0.2, 0.25) is 0 Å². The standard InChI is InChI=1S/C8H6F3IO2/c1-13-5-2-3-7(6(12)4-5)14-8(9,10)11/h2-4H,1H3. The van der Waals surface area contributed by atoms with Gasteiger partial charge >= 0.3 is 6.36 Å². The quantitative estimate of drug-likeness (QED) is 0.780. The molecular weight excluding hydrogens is 312 g/mol. The third-order valence-corrected chi connectivity index (χ3v) is 2.21. The van der Waals surface area contributed by atoms with E-state index in [0.29, 0.717) is 9.32 Å². The maximum Gasteiger partial charge on any atom is 0.573 e. The third kappa shape index (κ3) is 3.24. The van der Waals surface area contributed by atoms with Gasteiger partial charge in [-0.05, 0) is 40.8 Å². The van der Waals surface area contributed by atoms with E-state index in [2.05, 4.69) is 4.74 Å². The maximum absolute atomic E-state index is 11.8. The highest BCUT2D eigenvalue weighted by Gasteiger charge is 2.31. The smallest absolute Gasteiger partial charge is 0.497 e. The Labute approximate surface area is 92.1 Å². The van der Waals surface area contributed by atoms with Gasteiger partial charge in [0.2, 0.25) is 0 Å². The van der Waals surface area contributed by atoms with Gasteiger partial charge < -0.3 is 9.47 Å². The minimum absolute atomic E-state index is 0.223. The molecule has 0 N–H and O–H groups in total. The molecule has 0 bridgehead atoms. The lowest BCUT2D eigenvalue weighted by atomic mass is 10.3. The molecule has 0 fully saturated rings. The summed E-state index contributed by atoms with van der Waals surface area (Å²) in [5, 5.41) is 0. The number of halogens is 4. The van der Waals surface area contributed by atoms with Gasteiger partial charge in [0.1, 0.15) is 11.5 Å². The lowest BCUT2D eigenvalue weighted by Crippen LogP contribution is -2.17. The highest BCUT2D eigenvalue weighted by molar-refractivity contribution is 14.1. The van der Waals surface area contributed by atoms with Crippen LogP contribution < -0.4 is 9.47 Å². The van der Waals surface area contributed by atoms with E-state index < -0.39 is 6.36 Å². The van der Waals surface area contributed by atoms with E-state index in [1.54, 1.807) is 22.6 Å². The first-order valence-electron chi connectivity index (χ1n) is 3.51. The van der Waals surface area contributed by atoms with Gasteiger partial charge in [-0.15, -0.1) is 13.2 Å². The summed E-state index contributed by atoms with van der Waals surface area (Å²) in [6.07, 6.45) is -4.66. The van der Waals surface area contributed by atoms with Crippen LogP contribution in [0.3, 0.4) is 0 Å². The fourth-order valence-electron chi connectivity index (χ4n) is 0.816. The van der Waals surface area contributed by atoms with Crippen LogP contribution in [0.4, 0.5) is 13.2 Å². The summed E-state index contributed by atoms with van der Waals surface area (Å²) in [7, 11) is 1.44. The number of rotatable bonds is 2. The molecular formula is C8H6F3IO2. The highest BCUT2D eigenvalue weighted by atomic mass is 127. The van der Waals surface area contributed by atoms with Crippen molar-refractivity contribution in [3.8, 4) is 11.5 Å². The zero-order valence-corrected chi connectivity index (χ0v) is 9.22. The van der Waals surface area contributed by atoms with Crippen molar-refractivity contribution in [2.24, 2.45) is 0 Å². The Morgan fingerprint density at radius 1 is 1.29 bits per heavy atom.